The van der Waals surface area contributed by atoms with E-state index in [9.17, 15) is 0 Å². The van der Waals surface area contributed by atoms with Gasteiger partial charge in [-0.15, -0.1) is 0 Å². The SMILES string of the molecule is CCCN(CC1CCCCN1)C(C)c1cccc(C)c1. The molecule has 1 aliphatic heterocycles. The van der Waals surface area contributed by atoms with Gasteiger partial charge in [-0.3, -0.25) is 4.90 Å². The molecule has 1 saturated heterocycles. The van der Waals surface area contributed by atoms with Crippen molar-refractivity contribution in [1.29, 1.82) is 0 Å². The quantitative estimate of drug-likeness (QED) is 0.846. The molecule has 0 amide bonds. The highest BCUT2D eigenvalue weighted by Gasteiger charge is 2.20. The zero-order valence-corrected chi connectivity index (χ0v) is 13.4. The van der Waals surface area contributed by atoms with E-state index < -0.39 is 0 Å². The van der Waals surface area contributed by atoms with Crippen LogP contribution in [0.5, 0.6) is 0 Å². The van der Waals surface area contributed by atoms with Crippen LogP contribution in [0, 0.1) is 6.92 Å². The molecule has 1 aromatic carbocycles. The molecular weight excluding hydrogens is 244 g/mol. The molecule has 20 heavy (non-hydrogen) atoms. The topological polar surface area (TPSA) is 15.3 Å². The van der Waals surface area contributed by atoms with Crippen LogP contribution in [0.3, 0.4) is 0 Å². The third-order valence-electron chi connectivity index (χ3n) is 4.45. The van der Waals surface area contributed by atoms with Gasteiger partial charge in [-0.1, -0.05) is 43.2 Å². The number of nitrogens with one attached hydrogen (secondary N) is 1. The zero-order chi connectivity index (χ0) is 14.4. The fourth-order valence-electron chi connectivity index (χ4n) is 3.23. The van der Waals surface area contributed by atoms with E-state index in [1.165, 1.54) is 56.4 Å². The highest BCUT2D eigenvalue weighted by atomic mass is 15.2. The van der Waals surface area contributed by atoms with Crippen molar-refractivity contribution in [3.63, 3.8) is 0 Å². The van der Waals surface area contributed by atoms with Crippen LogP contribution in [0.4, 0.5) is 0 Å². The van der Waals surface area contributed by atoms with Gasteiger partial charge in [0.05, 0.1) is 0 Å². The smallest absolute Gasteiger partial charge is 0.0320 e. The Hall–Kier alpha value is -0.860. The molecule has 2 rings (SSSR count). The lowest BCUT2D eigenvalue weighted by molar-refractivity contribution is 0.176. The predicted octanol–water partition coefficient (Wildman–Crippen LogP) is 3.91. The second-order valence-corrected chi connectivity index (χ2v) is 6.23. The van der Waals surface area contributed by atoms with Crippen molar-refractivity contribution in [3.8, 4) is 0 Å². The minimum atomic E-state index is 0.513. The maximum atomic E-state index is 3.68. The van der Waals surface area contributed by atoms with Crippen molar-refractivity contribution in [2.24, 2.45) is 0 Å². The van der Waals surface area contributed by atoms with Crippen molar-refractivity contribution in [3.05, 3.63) is 35.4 Å². The molecule has 2 heteroatoms. The molecule has 0 bridgehead atoms. The Kier molecular flexibility index (Phi) is 6.06. The number of piperidine rings is 1. The van der Waals surface area contributed by atoms with Crippen molar-refractivity contribution < 1.29 is 0 Å². The van der Waals surface area contributed by atoms with Gasteiger partial charge in [0.1, 0.15) is 0 Å². The number of rotatable bonds is 6. The van der Waals surface area contributed by atoms with Gasteiger partial charge in [0, 0.05) is 18.6 Å². The Morgan fingerprint density at radius 1 is 1.35 bits per heavy atom. The van der Waals surface area contributed by atoms with Gasteiger partial charge in [-0.2, -0.15) is 0 Å². The molecule has 0 aromatic heterocycles. The van der Waals surface area contributed by atoms with Crippen LogP contribution < -0.4 is 5.32 Å². The third kappa shape index (κ3) is 4.32. The van der Waals surface area contributed by atoms with Crippen LogP contribution in [0.25, 0.3) is 0 Å². The average Bonchev–Trinajstić information content (AvgIpc) is 2.47. The van der Waals surface area contributed by atoms with Crippen LogP contribution in [0.15, 0.2) is 24.3 Å². The Balaban J connectivity index is 2.02. The number of hydrogen-bond donors (Lipinski definition) is 1. The second-order valence-electron chi connectivity index (χ2n) is 6.23. The van der Waals surface area contributed by atoms with Crippen molar-refractivity contribution in [1.82, 2.24) is 10.2 Å². The largest absolute Gasteiger partial charge is 0.313 e. The summed E-state index contributed by atoms with van der Waals surface area (Å²) in [6, 6.07) is 10.2. The monoisotopic (exact) mass is 274 g/mol. The lowest BCUT2D eigenvalue weighted by Crippen LogP contribution is -2.44. The van der Waals surface area contributed by atoms with Gasteiger partial charge in [0.25, 0.3) is 0 Å². The molecule has 0 saturated carbocycles. The van der Waals surface area contributed by atoms with Crippen LogP contribution in [-0.4, -0.2) is 30.6 Å². The Labute approximate surface area is 124 Å². The molecule has 1 fully saturated rings. The van der Waals surface area contributed by atoms with E-state index in [4.69, 9.17) is 0 Å². The summed E-state index contributed by atoms with van der Waals surface area (Å²) >= 11 is 0. The van der Waals surface area contributed by atoms with Gasteiger partial charge in [0.15, 0.2) is 0 Å². The van der Waals surface area contributed by atoms with Crippen LogP contribution >= 0.6 is 0 Å². The molecule has 1 aromatic rings. The van der Waals surface area contributed by atoms with Gasteiger partial charge in [0.2, 0.25) is 0 Å². The Morgan fingerprint density at radius 3 is 2.85 bits per heavy atom. The minimum absolute atomic E-state index is 0.513. The average molecular weight is 274 g/mol. The first kappa shape index (κ1) is 15.5. The molecule has 0 spiro atoms. The molecular formula is C18H30N2. The molecule has 112 valence electrons. The fraction of sp³-hybridized carbons (Fsp3) is 0.667. The highest BCUT2D eigenvalue weighted by Crippen LogP contribution is 2.22. The predicted molar refractivity (Wildman–Crippen MR) is 87.1 cm³/mol. The molecule has 1 N–H and O–H groups in total. The van der Waals surface area contributed by atoms with Gasteiger partial charge in [-0.05, 0) is 51.8 Å². The van der Waals surface area contributed by atoms with Crippen LogP contribution in [0.1, 0.15) is 56.7 Å². The number of hydrogen-bond acceptors (Lipinski definition) is 2. The standard InChI is InChI=1S/C18H30N2/c1-4-12-20(14-18-10-5-6-11-19-18)16(3)17-9-7-8-15(2)13-17/h7-9,13,16,18-19H,4-6,10-12,14H2,1-3H3. The summed E-state index contributed by atoms with van der Waals surface area (Å²) in [4.78, 5) is 2.65. The molecule has 0 aliphatic carbocycles. The fourth-order valence-corrected chi connectivity index (χ4v) is 3.23. The second kappa shape index (κ2) is 7.80. The Bertz CT molecular complexity index is 396. The van der Waals surface area contributed by atoms with E-state index in [0.717, 1.165) is 0 Å². The van der Waals surface area contributed by atoms with Crippen molar-refractivity contribution in [2.45, 2.75) is 58.5 Å². The first-order valence-electron chi connectivity index (χ1n) is 8.24. The van der Waals surface area contributed by atoms with E-state index in [-0.39, 0.29) is 0 Å². The molecule has 2 atom stereocenters. The van der Waals surface area contributed by atoms with Crippen molar-refractivity contribution in [2.75, 3.05) is 19.6 Å². The Morgan fingerprint density at radius 2 is 2.20 bits per heavy atom. The van der Waals surface area contributed by atoms with Crippen LogP contribution in [-0.2, 0) is 0 Å². The summed E-state index contributed by atoms with van der Waals surface area (Å²) in [7, 11) is 0. The summed E-state index contributed by atoms with van der Waals surface area (Å²) in [6.07, 6.45) is 5.29. The van der Waals surface area contributed by atoms with Crippen molar-refractivity contribution >= 4 is 0 Å². The zero-order valence-electron chi connectivity index (χ0n) is 13.4. The third-order valence-corrected chi connectivity index (χ3v) is 4.45. The van der Waals surface area contributed by atoms with Gasteiger partial charge < -0.3 is 5.32 Å². The number of nitrogens with zero attached hydrogens (tertiary/aromatic N) is 1. The maximum absolute atomic E-state index is 3.68. The summed E-state index contributed by atoms with van der Waals surface area (Å²) in [6.45, 7) is 10.4. The van der Waals surface area contributed by atoms with Gasteiger partial charge >= 0.3 is 0 Å². The molecule has 2 nitrogen and oxygen atoms in total. The lowest BCUT2D eigenvalue weighted by Gasteiger charge is -2.34. The first-order chi connectivity index (χ1) is 9.70. The molecule has 1 aliphatic rings. The van der Waals surface area contributed by atoms with Crippen LogP contribution in [0.2, 0.25) is 0 Å². The molecule has 0 radical (unpaired) electrons. The maximum Gasteiger partial charge on any atom is 0.0320 e. The molecule has 2 unspecified atom stereocenters. The van der Waals surface area contributed by atoms with E-state index >= 15 is 0 Å². The summed E-state index contributed by atoms with van der Waals surface area (Å²) in [5.41, 5.74) is 2.82. The number of aryl methyl sites for hydroxylation is 1. The lowest BCUT2D eigenvalue weighted by atomic mass is 10.0. The summed E-state index contributed by atoms with van der Waals surface area (Å²) in [5, 5.41) is 3.68. The van der Waals surface area contributed by atoms with E-state index in [0.29, 0.717) is 12.1 Å². The summed E-state index contributed by atoms with van der Waals surface area (Å²) < 4.78 is 0. The minimum Gasteiger partial charge on any atom is -0.313 e. The summed E-state index contributed by atoms with van der Waals surface area (Å²) in [5.74, 6) is 0. The normalized spacial score (nSPS) is 21.1. The van der Waals surface area contributed by atoms with E-state index in [1.807, 2.05) is 0 Å². The highest BCUT2D eigenvalue weighted by molar-refractivity contribution is 5.24. The molecule has 1 heterocycles. The van der Waals surface area contributed by atoms with E-state index in [1.54, 1.807) is 0 Å². The van der Waals surface area contributed by atoms with E-state index in [2.05, 4.69) is 55.3 Å². The first-order valence-corrected chi connectivity index (χ1v) is 8.24. The van der Waals surface area contributed by atoms with Gasteiger partial charge in [-0.25, -0.2) is 0 Å². The number of benzene rings is 1.